The molecule has 146 valence electrons. The van der Waals surface area contributed by atoms with Gasteiger partial charge < -0.3 is 15.5 Å². The van der Waals surface area contributed by atoms with Crippen molar-refractivity contribution in [2.75, 3.05) is 11.1 Å². The van der Waals surface area contributed by atoms with Crippen molar-refractivity contribution in [1.29, 1.82) is 0 Å². The Morgan fingerprint density at radius 3 is 2.62 bits per heavy atom. The average Bonchev–Trinajstić information content (AvgIpc) is 3.17. The molecule has 0 radical (unpaired) electrons. The van der Waals surface area contributed by atoms with E-state index in [9.17, 15) is 0 Å². The Balaban J connectivity index is 1.45. The number of halogens is 1. The molecule has 10 heteroatoms. The van der Waals surface area contributed by atoms with E-state index in [0.29, 0.717) is 33.7 Å². The lowest BCUT2D eigenvalue weighted by atomic mass is 10.2. The molecule has 0 fully saturated rings. The smallest absolute Gasteiger partial charge is 0.277 e. The molecule has 0 saturated heterocycles. The van der Waals surface area contributed by atoms with Crippen LogP contribution in [0.1, 0.15) is 11.4 Å². The number of nitrogens with two attached hydrogens (primary N) is 1. The molecule has 0 bridgehead atoms. The van der Waals surface area contributed by atoms with Crippen LogP contribution in [-0.2, 0) is 5.75 Å². The van der Waals surface area contributed by atoms with E-state index >= 15 is 0 Å². The van der Waals surface area contributed by atoms with Crippen molar-refractivity contribution in [2.45, 2.75) is 17.9 Å². The fourth-order valence-electron chi connectivity index (χ4n) is 2.50. The van der Waals surface area contributed by atoms with Gasteiger partial charge in [0.25, 0.3) is 5.22 Å². The van der Waals surface area contributed by atoms with Crippen LogP contribution in [0.5, 0.6) is 0 Å². The number of thioether (sulfide) groups is 1. The summed E-state index contributed by atoms with van der Waals surface area (Å²) in [5, 5.41) is 12.3. The first kappa shape index (κ1) is 19.2. The van der Waals surface area contributed by atoms with Crippen LogP contribution in [0.15, 0.2) is 58.2 Å². The molecule has 2 heterocycles. The van der Waals surface area contributed by atoms with Gasteiger partial charge in [-0.3, -0.25) is 0 Å². The summed E-state index contributed by atoms with van der Waals surface area (Å²) >= 11 is 7.22. The Kier molecular flexibility index (Phi) is 5.59. The molecule has 0 aliphatic heterocycles. The summed E-state index contributed by atoms with van der Waals surface area (Å²) < 4.78 is 5.68. The second-order valence-corrected chi connectivity index (χ2v) is 7.41. The quantitative estimate of drug-likeness (QED) is 0.430. The summed E-state index contributed by atoms with van der Waals surface area (Å²) in [4.78, 5) is 12.7. The Morgan fingerprint density at radius 2 is 1.83 bits per heavy atom. The summed E-state index contributed by atoms with van der Waals surface area (Å²) in [5.41, 5.74) is 8.61. The molecule has 0 amide bonds. The molecule has 0 aliphatic carbocycles. The molecular formula is C19H16ClN7OS. The van der Waals surface area contributed by atoms with Crippen LogP contribution < -0.4 is 11.1 Å². The molecular weight excluding hydrogens is 410 g/mol. The van der Waals surface area contributed by atoms with E-state index < -0.39 is 0 Å². The normalized spacial score (nSPS) is 10.8. The van der Waals surface area contributed by atoms with E-state index in [1.165, 1.54) is 11.8 Å². The van der Waals surface area contributed by atoms with Crippen LogP contribution in [0.2, 0.25) is 5.02 Å². The van der Waals surface area contributed by atoms with Gasteiger partial charge in [0.1, 0.15) is 5.82 Å². The molecule has 8 nitrogen and oxygen atoms in total. The second kappa shape index (κ2) is 8.46. The number of rotatable bonds is 6. The van der Waals surface area contributed by atoms with Crippen molar-refractivity contribution in [1.82, 2.24) is 25.1 Å². The Bertz CT molecular complexity index is 1130. The molecule has 0 atom stereocenters. The molecule has 4 rings (SSSR count). The maximum atomic E-state index is 5.90. The third kappa shape index (κ3) is 4.82. The molecule has 3 N–H and O–H groups in total. The fourth-order valence-corrected chi connectivity index (χ4v) is 3.24. The zero-order chi connectivity index (χ0) is 20.2. The average molecular weight is 426 g/mol. The number of para-hydroxylation sites is 1. The number of nitrogens with one attached hydrogen (secondary N) is 1. The number of aromatic nitrogens is 5. The standard InChI is InChI=1S/C19H16ClN7OS/c1-11-4-2-3-5-14(11)22-18-24-15(23-17(21)25-18)10-29-19-27-26-16(28-19)12-6-8-13(20)9-7-12/h2-9H,10H2,1H3,(H3,21,22,23,24,25). The molecule has 0 aliphatic rings. The number of benzene rings is 2. The molecule has 29 heavy (non-hydrogen) atoms. The van der Waals surface area contributed by atoms with Crippen LogP contribution in [0.4, 0.5) is 17.6 Å². The van der Waals surface area contributed by atoms with Crippen LogP contribution in [-0.4, -0.2) is 25.1 Å². The lowest BCUT2D eigenvalue weighted by Gasteiger charge is -2.09. The minimum Gasteiger partial charge on any atom is -0.411 e. The fraction of sp³-hybridized carbons (Fsp3) is 0.105. The third-order valence-electron chi connectivity index (χ3n) is 3.91. The number of aryl methyl sites for hydroxylation is 1. The monoisotopic (exact) mass is 425 g/mol. The molecule has 0 saturated carbocycles. The molecule has 4 aromatic rings. The number of anilines is 3. The zero-order valence-corrected chi connectivity index (χ0v) is 16.9. The van der Waals surface area contributed by atoms with Crippen LogP contribution in [0.25, 0.3) is 11.5 Å². The van der Waals surface area contributed by atoms with Gasteiger partial charge in [-0.15, -0.1) is 10.2 Å². The van der Waals surface area contributed by atoms with E-state index in [1.54, 1.807) is 12.1 Å². The second-order valence-electron chi connectivity index (χ2n) is 6.04. The summed E-state index contributed by atoms with van der Waals surface area (Å²) in [6.07, 6.45) is 0. The maximum absolute atomic E-state index is 5.90. The lowest BCUT2D eigenvalue weighted by molar-refractivity contribution is 0.465. The Labute approximate surface area is 176 Å². The van der Waals surface area contributed by atoms with Crippen molar-refractivity contribution in [3.8, 4) is 11.5 Å². The van der Waals surface area contributed by atoms with Gasteiger partial charge in [-0.2, -0.15) is 15.0 Å². The van der Waals surface area contributed by atoms with E-state index in [-0.39, 0.29) is 5.95 Å². The Hall–Kier alpha value is -3.17. The SMILES string of the molecule is Cc1ccccc1Nc1nc(N)nc(CSc2nnc(-c3ccc(Cl)cc3)o2)n1. The van der Waals surface area contributed by atoms with Crippen LogP contribution in [0, 0.1) is 6.92 Å². The first-order valence-electron chi connectivity index (χ1n) is 8.62. The van der Waals surface area contributed by atoms with E-state index in [4.69, 9.17) is 21.8 Å². The molecule has 2 aromatic heterocycles. The highest BCUT2D eigenvalue weighted by atomic mass is 35.5. The summed E-state index contributed by atoms with van der Waals surface area (Å²) in [5.74, 6) is 1.84. The van der Waals surface area contributed by atoms with Gasteiger partial charge in [-0.05, 0) is 42.8 Å². The molecule has 0 unspecified atom stereocenters. The van der Waals surface area contributed by atoms with E-state index in [2.05, 4.69) is 30.5 Å². The highest BCUT2D eigenvalue weighted by Gasteiger charge is 2.12. The minimum absolute atomic E-state index is 0.138. The first-order valence-corrected chi connectivity index (χ1v) is 9.98. The maximum Gasteiger partial charge on any atom is 0.277 e. The van der Waals surface area contributed by atoms with Crippen molar-refractivity contribution in [3.63, 3.8) is 0 Å². The van der Waals surface area contributed by atoms with Gasteiger partial charge in [-0.25, -0.2) is 0 Å². The number of nitrogens with zero attached hydrogens (tertiary/aromatic N) is 5. The summed E-state index contributed by atoms with van der Waals surface area (Å²) in [6.45, 7) is 2.00. The van der Waals surface area contributed by atoms with Crippen molar-refractivity contribution in [2.24, 2.45) is 0 Å². The van der Waals surface area contributed by atoms with Gasteiger partial charge in [0.05, 0.1) is 5.75 Å². The summed E-state index contributed by atoms with van der Waals surface area (Å²) in [6, 6.07) is 15.0. The summed E-state index contributed by atoms with van der Waals surface area (Å²) in [7, 11) is 0. The first-order chi connectivity index (χ1) is 14.1. The van der Waals surface area contributed by atoms with Gasteiger partial charge >= 0.3 is 0 Å². The predicted octanol–water partition coefficient (Wildman–Crippen LogP) is 4.50. The van der Waals surface area contributed by atoms with Crippen LogP contribution >= 0.6 is 23.4 Å². The topological polar surface area (TPSA) is 116 Å². The van der Waals surface area contributed by atoms with E-state index in [0.717, 1.165) is 16.8 Å². The van der Waals surface area contributed by atoms with Crippen molar-refractivity contribution >= 4 is 40.9 Å². The largest absolute Gasteiger partial charge is 0.411 e. The van der Waals surface area contributed by atoms with Gasteiger partial charge in [-0.1, -0.05) is 41.6 Å². The molecule has 0 spiro atoms. The zero-order valence-electron chi connectivity index (χ0n) is 15.3. The number of nitrogen functional groups attached to an aromatic ring is 1. The lowest BCUT2D eigenvalue weighted by Crippen LogP contribution is -2.07. The third-order valence-corrected chi connectivity index (χ3v) is 4.98. The van der Waals surface area contributed by atoms with Gasteiger partial charge in [0.2, 0.25) is 17.8 Å². The minimum atomic E-state index is 0.138. The van der Waals surface area contributed by atoms with E-state index in [1.807, 2.05) is 43.3 Å². The predicted molar refractivity (Wildman–Crippen MR) is 113 cm³/mol. The number of hydrogen-bond acceptors (Lipinski definition) is 9. The number of hydrogen-bond donors (Lipinski definition) is 2. The van der Waals surface area contributed by atoms with Crippen LogP contribution in [0.3, 0.4) is 0 Å². The molecule has 2 aromatic carbocycles. The van der Waals surface area contributed by atoms with Crippen molar-refractivity contribution in [3.05, 3.63) is 64.9 Å². The van der Waals surface area contributed by atoms with Crippen molar-refractivity contribution < 1.29 is 4.42 Å². The van der Waals surface area contributed by atoms with Gasteiger partial charge in [0, 0.05) is 16.3 Å². The highest BCUT2D eigenvalue weighted by Crippen LogP contribution is 2.26. The van der Waals surface area contributed by atoms with Gasteiger partial charge in [0.15, 0.2) is 0 Å². The highest BCUT2D eigenvalue weighted by molar-refractivity contribution is 7.98. The Morgan fingerprint density at radius 1 is 1.03 bits per heavy atom.